The Labute approximate surface area is 308 Å². The Kier molecular flexibility index (Phi) is 10.3. The first kappa shape index (κ1) is 36.6. The lowest BCUT2D eigenvalue weighted by Crippen LogP contribution is -2.69. The highest BCUT2D eigenvalue weighted by atomic mass is 32.2. The van der Waals surface area contributed by atoms with Crippen molar-refractivity contribution in [3.63, 3.8) is 0 Å². The van der Waals surface area contributed by atoms with Gasteiger partial charge >= 0.3 is 11.9 Å². The summed E-state index contributed by atoms with van der Waals surface area (Å²) < 4.78 is 29.8. The Balaban J connectivity index is 1.38. The minimum atomic E-state index is -1.03. The molecule has 282 valence electrons. The Morgan fingerprint density at radius 2 is 1.81 bits per heavy atom. The molecule has 2 aromatic rings. The number of fused-ring (bicyclic) bond motifs is 10. The number of thioether (sulfide) groups is 1. The summed E-state index contributed by atoms with van der Waals surface area (Å²) in [5.41, 5.74) is 4.29. The maximum atomic E-state index is 13.8. The van der Waals surface area contributed by atoms with E-state index in [1.807, 2.05) is 31.9 Å². The molecule has 14 heteroatoms. The number of methoxy groups -OCH3 is 1. The minimum absolute atomic E-state index is 0.0416. The van der Waals surface area contributed by atoms with Crippen molar-refractivity contribution in [2.24, 2.45) is 0 Å². The number of carbonyl (C=O) groups excluding carboxylic acids is 3. The number of likely N-dealkylation sites (N-methyl/N-ethyl adjacent to an activating group) is 1. The quantitative estimate of drug-likeness (QED) is 0.188. The van der Waals surface area contributed by atoms with E-state index < -0.39 is 47.6 Å². The van der Waals surface area contributed by atoms with Gasteiger partial charge in [-0.2, -0.15) is 0 Å². The number of hydrogen-bond donors (Lipinski definition) is 3. The molecule has 8 rings (SSSR count). The minimum Gasteiger partial charge on any atom is -0.504 e. The van der Waals surface area contributed by atoms with E-state index in [9.17, 15) is 24.6 Å². The number of aliphatic hydroxyl groups excluding tert-OH is 1. The van der Waals surface area contributed by atoms with Crippen LogP contribution < -0.4 is 24.3 Å². The van der Waals surface area contributed by atoms with Crippen molar-refractivity contribution in [1.29, 1.82) is 0 Å². The van der Waals surface area contributed by atoms with Crippen molar-refractivity contribution < 1.29 is 48.3 Å². The number of esters is 2. The molecule has 6 heterocycles. The lowest BCUT2D eigenvalue weighted by molar-refractivity contribution is -0.184. The number of piperazine rings is 1. The van der Waals surface area contributed by atoms with Crippen LogP contribution >= 0.6 is 11.8 Å². The number of rotatable bonds is 9. The predicted molar refractivity (Wildman–Crippen MR) is 192 cm³/mol. The van der Waals surface area contributed by atoms with E-state index in [-0.39, 0.29) is 36.9 Å². The second-order valence-electron chi connectivity index (χ2n) is 14.5. The molecule has 1 unspecified atom stereocenters. The molecule has 0 spiro atoms. The monoisotopic (exact) mass is 739 g/mol. The number of hydrogen-bond acceptors (Lipinski definition) is 13. The molecule has 3 N–H and O–H groups in total. The van der Waals surface area contributed by atoms with Crippen LogP contribution in [0.5, 0.6) is 28.7 Å². The number of aromatic hydroxyl groups is 1. The largest absolute Gasteiger partial charge is 0.504 e. The standard InChI is InChI=1S/C38H49N3O10S/c1-7-8-9-10-11-12-25(43)39-22-16-52-36-28-27(35-34(49-17-50-35)19(3)33(28)51-20(4)42)24(15-48-38(22)46)41-30(36)29-26-21(14-23(37(41)45)40(29)5)13-18(2)32(47-6)31(26)44/h13,22-24,29-30,36-37,44-45H,7-12,14-17H2,1-6H3,(H,39,43)/t22-,23+,24+,29+,30?,36+,37-/m0/s1. The van der Waals surface area contributed by atoms with Gasteiger partial charge in [-0.25, -0.2) is 4.79 Å². The summed E-state index contributed by atoms with van der Waals surface area (Å²) >= 11 is 1.42. The number of benzene rings is 2. The molecule has 1 amide bonds. The van der Waals surface area contributed by atoms with E-state index in [1.54, 1.807) is 0 Å². The van der Waals surface area contributed by atoms with Crippen LogP contribution in [0, 0.1) is 13.8 Å². The molecule has 7 atom stereocenters. The number of aryl methyl sites for hydroxylation is 1. The topological polar surface area (TPSA) is 156 Å². The van der Waals surface area contributed by atoms with Crippen LogP contribution in [-0.4, -0.2) is 95.5 Å². The van der Waals surface area contributed by atoms with Crippen molar-refractivity contribution in [2.75, 3.05) is 33.3 Å². The third-order valence-electron chi connectivity index (χ3n) is 11.3. The first-order valence-corrected chi connectivity index (χ1v) is 19.3. The molecule has 0 aromatic heterocycles. The van der Waals surface area contributed by atoms with Crippen molar-refractivity contribution >= 4 is 29.6 Å². The van der Waals surface area contributed by atoms with Gasteiger partial charge in [-0.15, -0.1) is 11.8 Å². The molecule has 2 fully saturated rings. The van der Waals surface area contributed by atoms with Gasteiger partial charge in [-0.05, 0) is 44.9 Å². The molecule has 52 heavy (non-hydrogen) atoms. The number of phenolic OH excluding ortho intramolecular Hbond substituents is 1. The van der Waals surface area contributed by atoms with Crippen LogP contribution in [0.3, 0.4) is 0 Å². The number of aliphatic hydroxyl groups is 1. The zero-order valence-corrected chi connectivity index (χ0v) is 31.5. The fourth-order valence-electron chi connectivity index (χ4n) is 9.03. The summed E-state index contributed by atoms with van der Waals surface area (Å²) in [4.78, 5) is 43.8. The molecular weight excluding hydrogens is 690 g/mol. The highest BCUT2D eigenvalue weighted by molar-refractivity contribution is 7.99. The Hall–Kier alpha value is -3.72. The fraction of sp³-hybridized carbons (Fsp3) is 0.605. The summed E-state index contributed by atoms with van der Waals surface area (Å²) in [6.45, 7) is 6.95. The van der Waals surface area contributed by atoms with Crippen LogP contribution in [0.4, 0.5) is 0 Å². The van der Waals surface area contributed by atoms with Gasteiger partial charge in [-0.3, -0.25) is 19.4 Å². The molecule has 2 aromatic carbocycles. The van der Waals surface area contributed by atoms with Gasteiger partial charge in [0.1, 0.15) is 24.6 Å². The number of nitrogens with zero attached hydrogens (tertiary/aromatic N) is 2. The van der Waals surface area contributed by atoms with E-state index in [0.29, 0.717) is 58.1 Å². The molecule has 13 nitrogen and oxygen atoms in total. The van der Waals surface area contributed by atoms with E-state index in [0.717, 1.165) is 43.2 Å². The molecule has 4 bridgehead atoms. The maximum absolute atomic E-state index is 13.8. The molecule has 0 saturated carbocycles. The number of amides is 1. The number of carbonyl (C=O) groups is 3. The molecular formula is C38H49N3O10S. The Morgan fingerprint density at radius 1 is 1.06 bits per heavy atom. The van der Waals surface area contributed by atoms with Crippen LogP contribution in [0.2, 0.25) is 0 Å². The van der Waals surface area contributed by atoms with Crippen molar-refractivity contribution in [1.82, 2.24) is 15.1 Å². The number of nitrogens with one attached hydrogen (secondary N) is 1. The Morgan fingerprint density at radius 3 is 2.54 bits per heavy atom. The zero-order valence-electron chi connectivity index (χ0n) is 30.7. The SMILES string of the molecule is CCCCCCCC(=O)N[C@H]1CS[C@@H]2c3c(OC(C)=O)c(C)c4c(c3[C@@H](COC1=O)N1C2[C@H]2c3c(cc(C)c(OC)c3O)C[C@H]([C@@H]1O)N2C)OCO4. The third-order valence-corrected chi connectivity index (χ3v) is 12.7. The van der Waals surface area contributed by atoms with Crippen LogP contribution in [0.1, 0.15) is 103 Å². The van der Waals surface area contributed by atoms with E-state index in [4.69, 9.17) is 23.7 Å². The third kappa shape index (κ3) is 6.05. The van der Waals surface area contributed by atoms with E-state index >= 15 is 0 Å². The average Bonchev–Trinajstić information content (AvgIpc) is 3.60. The summed E-state index contributed by atoms with van der Waals surface area (Å²) in [5, 5.41) is 26.7. The van der Waals surface area contributed by atoms with Crippen LogP contribution in [-0.2, 0) is 25.5 Å². The zero-order chi connectivity index (χ0) is 37.0. The van der Waals surface area contributed by atoms with Crippen molar-refractivity contribution in [3.8, 4) is 28.7 Å². The second kappa shape index (κ2) is 14.6. The highest BCUT2D eigenvalue weighted by Crippen LogP contribution is 2.63. The van der Waals surface area contributed by atoms with Crippen LogP contribution in [0.25, 0.3) is 0 Å². The summed E-state index contributed by atoms with van der Waals surface area (Å²) in [6.07, 6.45) is 4.68. The molecule has 6 aliphatic heterocycles. The van der Waals surface area contributed by atoms with Crippen LogP contribution in [0.15, 0.2) is 6.07 Å². The lowest BCUT2D eigenvalue weighted by Gasteiger charge is -2.62. The average molecular weight is 740 g/mol. The van der Waals surface area contributed by atoms with Gasteiger partial charge in [0.2, 0.25) is 12.7 Å². The number of phenols is 1. The van der Waals surface area contributed by atoms with Crippen molar-refractivity contribution in [3.05, 3.63) is 39.4 Å². The maximum Gasteiger partial charge on any atom is 0.329 e. The fourth-order valence-corrected chi connectivity index (χ4v) is 10.5. The summed E-state index contributed by atoms with van der Waals surface area (Å²) in [7, 11) is 3.48. The van der Waals surface area contributed by atoms with Gasteiger partial charge in [-0.1, -0.05) is 38.7 Å². The first-order chi connectivity index (χ1) is 25.0. The van der Waals surface area contributed by atoms with Gasteiger partial charge < -0.3 is 39.2 Å². The summed E-state index contributed by atoms with van der Waals surface area (Å²) in [5.74, 6) is 0.482. The molecule has 0 radical (unpaired) electrons. The highest BCUT2D eigenvalue weighted by Gasteiger charge is 2.60. The van der Waals surface area contributed by atoms with Gasteiger partial charge in [0.05, 0.1) is 30.5 Å². The number of unbranched alkanes of at least 4 members (excludes halogenated alkanes) is 4. The Bertz CT molecular complexity index is 1770. The molecule has 0 aliphatic carbocycles. The van der Waals surface area contributed by atoms with Gasteiger partial charge in [0.15, 0.2) is 23.0 Å². The van der Waals surface area contributed by atoms with Gasteiger partial charge in [0, 0.05) is 47.4 Å². The second-order valence-corrected chi connectivity index (χ2v) is 15.7. The normalized spacial score (nSPS) is 27.6. The number of ether oxygens (including phenoxy) is 5. The van der Waals surface area contributed by atoms with Crippen molar-refractivity contribution in [2.45, 2.75) is 114 Å². The predicted octanol–water partition coefficient (Wildman–Crippen LogP) is 4.50. The van der Waals surface area contributed by atoms with E-state index in [1.165, 1.54) is 25.8 Å². The molecule has 6 aliphatic rings. The smallest absolute Gasteiger partial charge is 0.329 e. The summed E-state index contributed by atoms with van der Waals surface area (Å²) in [6, 6.07) is -1.07. The lowest BCUT2D eigenvalue weighted by atomic mass is 9.73. The molecule has 2 saturated heterocycles. The van der Waals surface area contributed by atoms with Gasteiger partial charge in [0.25, 0.3) is 0 Å². The first-order valence-electron chi connectivity index (χ1n) is 18.3. The van der Waals surface area contributed by atoms with E-state index in [2.05, 4.69) is 17.1 Å².